The van der Waals surface area contributed by atoms with E-state index in [-0.39, 0.29) is 24.3 Å². The summed E-state index contributed by atoms with van der Waals surface area (Å²) in [7, 11) is -8.14. The molecule has 2 aromatic rings. The summed E-state index contributed by atoms with van der Waals surface area (Å²) in [4.78, 5) is 37.1. The number of aromatic nitrogens is 2. The molecule has 2 amide bonds. The number of hydrogen-bond acceptors (Lipinski definition) is 12. The summed E-state index contributed by atoms with van der Waals surface area (Å²) in [6.07, 6.45) is 2.59. The average Bonchev–Trinajstić information content (AvgIpc) is 2.92. The summed E-state index contributed by atoms with van der Waals surface area (Å²) in [5.74, 6) is -0.624. The van der Waals surface area contributed by atoms with Gasteiger partial charge < -0.3 is 25.2 Å². The fraction of sp³-hybridized carbons (Fsp3) is 0.519. The number of rotatable bonds is 9. The molecule has 43 heavy (non-hydrogen) atoms. The monoisotopic (exact) mass is 635 g/mol. The lowest BCUT2D eigenvalue weighted by atomic mass is 10.1. The number of benzene rings is 1. The number of carbonyl (C=O) groups excluding carboxylic acids is 2. The first-order valence-electron chi connectivity index (χ1n) is 13.3. The van der Waals surface area contributed by atoms with Crippen molar-refractivity contribution in [2.24, 2.45) is 0 Å². The third-order valence-corrected chi connectivity index (χ3v) is 12.2. The normalized spacial score (nSPS) is 14.5. The van der Waals surface area contributed by atoms with E-state index in [0.717, 1.165) is 25.1 Å². The van der Waals surface area contributed by atoms with Crippen LogP contribution in [0.15, 0.2) is 30.5 Å². The highest BCUT2D eigenvalue weighted by molar-refractivity contribution is 8.09. The summed E-state index contributed by atoms with van der Waals surface area (Å²) >= 11 is 0. The van der Waals surface area contributed by atoms with Crippen LogP contribution in [0.4, 0.5) is 16.3 Å². The Morgan fingerprint density at radius 3 is 2.23 bits per heavy atom. The zero-order valence-corrected chi connectivity index (χ0v) is 26.7. The Labute approximate surface area is 252 Å². The van der Waals surface area contributed by atoms with E-state index in [1.165, 1.54) is 6.20 Å². The average molecular weight is 636 g/mol. The number of nitriles is 1. The summed E-state index contributed by atoms with van der Waals surface area (Å²) in [6, 6.07) is 8.78. The van der Waals surface area contributed by atoms with Gasteiger partial charge in [-0.3, -0.25) is 4.79 Å². The molecule has 0 unspecified atom stereocenters. The van der Waals surface area contributed by atoms with Gasteiger partial charge in [0.05, 0.1) is 0 Å². The van der Waals surface area contributed by atoms with Crippen molar-refractivity contribution in [3.8, 4) is 6.07 Å². The first kappa shape index (κ1) is 33.5. The lowest BCUT2D eigenvalue weighted by Gasteiger charge is -2.36. The predicted octanol–water partition coefficient (Wildman–Crippen LogP) is 1.55. The molecule has 0 bridgehead atoms. The van der Waals surface area contributed by atoms with Gasteiger partial charge in [-0.1, -0.05) is 6.07 Å². The molecule has 2 N–H and O–H groups in total. The lowest BCUT2D eigenvalue weighted by molar-refractivity contribution is 0.0240. The van der Waals surface area contributed by atoms with E-state index in [4.69, 9.17) is 4.74 Å². The Kier molecular flexibility index (Phi) is 9.92. The largest absolute Gasteiger partial charge is 0.444 e. The molecule has 1 fully saturated rings. The second-order valence-corrected chi connectivity index (χ2v) is 16.5. The van der Waals surface area contributed by atoms with Gasteiger partial charge in [0.25, 0.3) is 5.91 Å². The van der Waals surface area contributed by atoms with Crippen molar-refractivity contribution in [1.82, 2.24) is 20.2 Å². The van der Waals surface area contributed by atoms with E-state index in [0.29, 0.717) is 37.3 Å². The number of piperazine rings is 1. The molecule has 3 rings (SSSR count). The number of anilines is 2. The number of nitrogens with zero attached hydrogens (tertiary/aromatic N) is 5. The van der Waals surface area contributed by atoms with Crippen LogP contribution in [0.5, 0.6) is 0 Å². The second-order valence-electron chi connectivity index (χ2n) is 11.4. The van der Waals surface area contributed by atoms with Crippen LogP contribution >= 0.6 is 0 Å². The predicted molar refractivity (Wildman–Crippen MR) is 161 cm³/mol. The minimum atomic E-state index is -4.07. The second kappa shape index (κ2) is 12.7. The molecule has 234 valence electrons. The molecule has 0 aliphatic carbocycles. The zero-order valence-electron chi connectivity index (χ0n) is 25.0. The summed E-state index contributed by atoms with van der Waals surface area (Å²) in [5.41, 5.74) is 0.911. The smallest absolute Gasteiger partial charge is 0.410 e. The highest BCUT2D eigenvalue weighted by atomic mass is 32.3. The van der Waals surface area contributed by atoms with Gasteiger partial charge in [-0.25, -0.2) is 31.6 Å². The number of nitrogens with one attached hydrogen (secondary N) is 2. The minimum absolute atomic E-state index is 0.0157. The molecule has 1 aromatic carbocycles. The summed E-state index contributed by atoms with van der Waals surface area (Å²) in [6.45, 7) is 7.95. The summed E-state index contributed by atoms with van der Waals surface area (Å²) < 4.78 is 52.7. The molecule has 2 heterocycles. The lowest BCUT2D eigenvalue weighted by Crippen LogP contribution is -2.50. The van der Waals surface area contributed by atoms with Crippen LogP contribution in [-0.2, 0) is 31.0 Å². The van der Waals surface area contributed by atoms with Crippen molar-refractivity contribution in [2.75, 3.05) is 55.5 Å². The van der Waals surface area contributed by atoms with Gasteiger partial charge in [-0.2, -0.15) is 5.26 Å². The first-order valence-corrected chi connectivity index (χ1v) is 17.1. The van der Waals surface area contributed by atoms with Crippen molar-refractivity contribution >= 4 is 43.2 Å². The maximum absolute atomic E-state index is 13.1. The van der Waals surface area contributed by atoms with Crippen molar-refractivity contribution in [3.63, 3.8) is 0 Å². The SMILES string of the molecule is CC(C)(C)OC(=O)N1CCN(c2cccc(C(=O)NCc3cnc(C#N)nc3NCC(C)(S(C)(=O)=O)S(C)(=O)=O)c2)CC1. The number of sulfone groups is 2. The molecule has 16 heteroatoms. The van der Waals surface area contributed by atoms with Gasteiger partial charge in [0.2, 0.25) is 5.82 Å². The highest BCUT2D eigenvalue weighted by Crippen LogP contribution is 2.25. The Hall–Kier alpha value is -3.97. The number of carbonyl (C=O) groups is 2. The van der Waals surface area contributed by atoms with Crippen LogP contribution in [0.2, 0.25) is 0 Å². The van der Waals surface area contributed by atoms with Crippen molar-refractivity contribution < 1.29 is 31.2 Å². The van der Waals surface area contributed by atoms with E-state index < -0.39 is 41.8 Å². The third-order valence-electron chi connectivity index (χ3n) is 6.95. The Balaban J connectivity index is 1.70. The van der Waals surface area contributed by atoms with Gasteiger partial charge in [0, 0.05) is 74.8 Å². The van der Waals surface area contributed by atoms with Crippen molar-refractivity contribution in [3.05, 3.63) is 47.4 Å². The van der Waals surface area contributed by atoms with Gasteiger partial charge in [-0.15, -0.1) is 0 Å². The Morgan fingerprint density at radius 1 is 1.05 bits per heavy atom. The topological polar surface area (TPSA) is 192 Å². The summed E-state index contributed by atoms with van der Waals surface area (Å²) in [5, 5.41) is 14.7. The van der Waals surface area contributed by atoms with Crippen molar-refractivity contribution in [1.29, 1.82) is 5.26 Å². The van der Waals surface area contributed by atoms with Crippen LogP contribution in [0.25, 0.3) is 0 Å². The number of ether oxygens (including phenoxy) is 1. The molecular formula is C27H37N7O7S2. The molecule has 1 aliphatic heterocycles. The fourth-order valence-electron chi connectivity index (χ4n) is 4.12. The Bertz CT molecular complexity index is 1590. The number of hydrogen-bond donors (Lipinski definition) is 2. The van der Waals surface area contributed by atoms with Gasteiger partial charge in [0.1, 0.15) is 17.5 Å². The molecule has 1 saturated heterocycles. The quantitative estimate of drug-likeness (QED) is 0.405. The molecule has 14 nitrogen and oxygen atoms in total. The standard InChI is InChI=1S/C27H37N7O7S2/c1-26(2,3)41-25(36)34-12-10-33(11-13-34)21-9-7-8-19(14-21)24(35)30-17-20-16-29-22(15-28)32-23(20)31-18-27(4,42(5,37)38)43(6,39)40/h7-9,14,16H,10-13,17-18H2,1-6H3,(H,30,35)(H,29,31,32). The van der Waals surface area contributed by atoms with Gasteiger partial charge in [0.15, 0.2) is 23.8 Å². The van der Waals surface area contributed by atoms with Crippen LogP contribution in [-0.4, -0.2) is 98.6 Å². The maximum Gasteiger partial charge on any atom is 0.410 e. The van der Waals surface area contributed by atoms with Crippen LogP contribution < -0.4 is 15.5 Å². The fourth-order valence-corrected chi connectivity index (χ4v) is 6.99. The van der Waals surface area contributed by atoms with Gasteiger partial charge >= 0.3 is 6.09 Å². The van der Waals surface area contributed by atoms with Crippen LogP contribution in [0, 0.1) is 11.3 Å². The first-order chi connectivity index (χ1) is 19.8. The van der Waals surface area contributed by atoms with E-state index >= 15 is 0 Å². The van der Waals surface area contributed by atoms with E-state index in [1.807, 2.05) is 26.8 Å². The molecule has 0 saturated carbocycles. The van der Waals surface area contributed by atoms with Gasteiger partial charge in [-0.05, 0) is 45.9 Å². The molecule has 0 spiro atoms. The van der Waals surface area contributed by atoms with Crippen LogP contribution in [0.3, 0.4) is 0 Å². The molecule has 1 aliphatic rings. The van der Waals surface area contributed by atoms with E-state index in [1.54, 1.807) is 29.2 Å². The van der Waals surface area contributed by atoms with E-state index in [9.17, 15) is 31.7 Å². The maximum atomic E-state index is 13.1. The molecule has 0 atom stereocenters. The van der Waals surface area contributed by atoms with E-state index in [2.05, 4.69) is 25.5 Å². The Morgan fingerprint density at radius 2 is 1.67 bits per heavy atom. The molecule has 0 radical (unpaired) electrons. The number of amides is 2. The third kappa shape index (κ3) is 8.32. The minimum Gasteiger partial charge on any atom is -0.444 e. The molecular weight excluding hydrogens is 598 g/mol. The van der Waals surface area contributed by atoms with Crippen molar-refractivity contribution in [2.45, 2.75) is 43.9 Å². The molecule has 1 aromatic heterocycles. The zero-order chi connectivity index (χ0) is 32.2. The van der Waals surface area contributed by atoms with Crippen LogP contribution in [0.1, 0.15) is 49.4 Å². The highest BCUT2D eigenvalue weighted by Gasteiger charge is 2.46.